The highest BCUT2D eigenvalue weighted by atomic mass is 35.5. The van der Waals surface area contributed by atoms with Gasteiger partial charge in [-0.1, -0.05) is 23.7 Å². The highest BCUT2D eigenvalue weighted by molar-refractivity contribution is 6.33. The summed E-state index contributed by atoms with van der Waals surface area (Å²) >= 11 is 6.15. The number of hydrogen-bond acceptors (Lipinski definition) is 3. The van der Waals surface area contributed by atoms with Crippen molar-refractivity contribution in [3.05, 3.63) is 29.3 Å². The Morgan fingerprint density at radius 2 is 2.00 bits per heavy atom. The number of nitrogens with zero attached hydrogens (tertiary/aromatic N) is 2. The predicted octanol–water partition coefficient (Wildman–Crippen LogP) is 2.30. The third kappa shape index (κ3) is 4.12. The van der Waals surface area contributed by atoms with Gasteiger partial charge in [-0.3, -0.25) is 9.69 Å². The van der Waals surface area contributed by atoms with Gasteiger partial charge in [0.2, 0.25) is 5.91 Å². The standard InChI is InChI=1S/C15H22ClN3O/c1-18(2)15(20)11-19-9-7-12(8-10-19)17-14-6-4-3-5-13(14)16/h3-6,12,17H,7-11H2,1-2H3. The van der Waals surface area contributed by atoms with Crippen molar-refractivity contribution in [1.29, 1.82) is 0 Å². The highest BCUT2D eigenvalue weighted by Crippen LogP contribution is 2.23. The maximum absolute atomic E-state index is 11.7. The SMILES string of the molecule is CN(C)C(=O)CN1CCC(Nc2ccccc2Cl)CC1. The minimum atomic E-state index is 0.169. The van der Waals surface area contributed by atoms with E-state index in [0.29, 0.717) is 12.6 Å². The quantitative estimate of drug-likeness (QED) is 0.926. The zero-order valence-corrected chi connectivity index (χ0v) is 12.9. The van der Waals surface area contributed by atoms with Gasteiger partial charge in [-0.15, -0.1) is 0 Å². The molecule has 110 valence electrons. The number of carbonyl (C=O) groups is 1. The van der Waals surface area contributed by atoms with Crippen molar-refractivity contribution in [2.24, 2.45) is 0 Å². The smallest absolute Gasteiger partial charge is 0.236 e. The molecule has 1 heterocycles. The van der Waals surface area contributed by atoms with E-state index in [1.54, 1.807) is 19.0 Å². The first-order valence-corrected chi connectivity index (χ1v) is 7.37. The summed E-state index contributed by atoms with van der Waals surface area (Å²) < 4.78 is 0. The summed E-state index contributed by atoms with van der Waals surface area (Å²) in [5.41, 5.74) is 0.997. The van der Waals surface area contributed by atoms with Gasteiger partial charge < -0.3 is 10.2 Å². The third-order valence-electron chi connectivity index (χ3n) is 3.68. The lowest BCUT2D eigenvalue weighted by Gasteiger charge is -2.33. The van der Waals surface area contributed by atoms with Crippen LogP contribution >= 0.6 is 11.6 Å². The Morgan fingerprint density at radius 1 is 1.35 bits per heavy atom. The zero-order valence-electron chi connectivity index (χ0n) is 12.1. The Morgan fingerprint density at radius 3 is 2.60 bits per heavy atom. The molecular weight excluding hydrogens is 274 g/mol. The molecule has 1 amide bonds. The van der Waals surface area contributed by atoms with Crippen molar-refractivity contribution >= 4 is 23.2 Å². The lowest BCUT2D eigenvalue weighted by molar-refractivity contribution is -0.130. The molecule has 1 aromatic rings. The van der Waals surface area contributed by atoms with E-state index in [4.69, 9.17) is 11.6 Å². The highest BCUT2D eigenvalue weighted by Gasteiger charge is 2.21. The second-order valence-electron chi connectivity index (χ2n) is 5.46. The molecular formula is C15H22ClN3O. The van der Waals surface area contributed by atoms with Crippen LogP contribution in [0.1, 0.15) is 12.8 Å². The Balaban J connectivity index is 1.80. The van der Waals surface area contributed by atoms with Crippen molar-refractivity contribution in [2.75, 3.05) is 39.0 Å². The fourth-order valence-electron chi connectivity index (χ4n) is 2.37. The van der Waals surface area contributed by atoms with Crippen LogP contribution in [0.2, 0.25) is 5.02 Å². The molecule has 0 unspecified atom stereocenters. The van der Waals surface area contributed by atoms with Crippen molar-refractivity contribution in [1.82, 2.24) is 9.80 Å². The zero-order chi connectivity index (χ0) is 14.5. The predicted molar refractivity (Wildman–Crippen MR) is 83.2 cm³/mol. The van der Waals surface area contributed by atoms with E-state index in [-0.39, 0.29) is 5.91 Å². The number of benzene rings is 1. The number of hydrogen-bond donors (Lipinski definition) is 1. The summed E-state index contributed by atoms with van der Waals surface area (Å²) in [6, 6.07) is 8.25. The van der Waals surface area contributed by atoms with Gasteiger partial charge in [-0.25, -0.2) is 0 Å². The van der Waals surface area contributed by atoms with Crippen LogP contribution in [-0.4, -0.2) is 55.5 Å². The number of para-hydroxylation sites is 1. The van der Waals surface area contributed by atoms with Gasteiger partial charge in [-0.05, 0) is 25.0 Å². The average Bonchev–Trinajstić information content (AvgIpc) is 2.43. The monoisotopic (exact) mass is 295 g/mol. The molecule has 1 aliphatic heterocycles. The number of halogens is 1. The Bertz CT molecular complexity index is 456. The van der Waals surface area contributed by atoms with Crippen molar-refractivity contribution in [2.45, 2.75) is 18.9 Å². The molecule has 4 nitrogen and oxygen atoms in total. The summed E-state index contributed by atoms with van der Waals surface area (Å²) in [6.07, 6.45) is 2.07. The van der Waals surface area contributed by atoms with E-state index in [9.17, 15) is 4.79 Å². The van der Waals surface area contributed by atoms with Crippen molar-refractivity contribution in [3.63, 3.8) is 0 Å². The number of amides is 1. The van der Waals surface area contributed by atoms with Crippen LogP contribution in [-0.2, 0) is 4.79 Å². The van der Waals surface area contributed by atoms with Crippen LogP contribution in [0.4, 0.5) is 5.69 Å². The maximum Gasteiger partial charge on any atom is 0.236 e. The van der Waals surface area contributed by atoms with E-state index < -0.39 is 0 Å². The molecule has 5 heteroatoms. The molecule has 0 atom stereocenters. The molecule has 1 aliphatic rings. The number of nitrogens with one attached hydrogen (secondary N) is 1. The first-order valence-electron chi connectivity index (χ1n) is 7.00. The fraction of sp³-hybridized carbons (Fsp3) is 0.533. The number of likely N-dealkylation sites (tertiary alicyclic amines) is 1. The summed E-state index contributed by atoms with van der Waals surface area (Å²) in [5, 5.41) is 4.25. The fourth-order valence-corrected chi connectivity index (χ4v) is 2.56. The van der Waals surface area contributed by atoms with Gasteiger partial charge in [0.25, 0.3) is 0 Å². The molecule has 0 spiro atoms. The van der Waals surface area contributed by atoms with E-state index in [2.05, 4.69) is 10.2 Å². The topological polar surface area (TPSA) is 35.6 Å². The van der Waals surface area contributed by atoms with Crippen LogP contribution < -0.4 is 5.32 Å². The number of piperidine rings is 1. The van der Waals surface area contributed by atoms with Crippen LogP contribution in [0.5, 0.6) is 0 Å². The van der Waals surface area contributed by atoms with E-state index in [1.165, 1.54) is 0 Å². The first kappa shape index (κ1) is 15.1. The number of anilines is 1. The minimum Gasteiger partial charge on any atom is -0.381 e. The molecule has 0 radical (unpaired) electrons. The van der Waals surface area contributed by atoms with Gasteiger partial charge in [0.05, 0.1) is 17.3 Å². The van der Waals surface area contributed by atoms with Crippen LogP contribution in [0.15, 0.2) is 24.3 Å². The van der Waals surface area contributed by atoms with Gasteiger partial charge in [0.1, 0.15) is 0 Å². The largest absolute Gasteiger partial charge is 0.381 e. The van der Waals surface area contributed by atoms with E-state index in [1.807, 2.05) is 24.3 Å². The molecule has 20 heavy (non-hydrogen) atoms. The van der Waals surface area contributed by atoms with Crippen LogP contribution in [0.3, 0.4) is 0 Å². The summed E-state index contributed by atoms with van der Waals surface area (Å²) in [4.78, 5) is 15.5. The first-order chi connectivity index (χ1) is 9.56. The molecule has 0 aliphatic carbocycles. The Hall–Kier alpha value is -1.26. The van der Waals surface area contributed by atoms with Crippen LogP contribution in [0.25, 0.3) is 0 Å². The summed E-state index contributed by atoms with van der Waals surface area (Å²) in [5.74, 6) is 0.169. The van der Waals surface area contributed by atoms with E-state index in [0.717, 1.165) is 36.6 Å². The van der Waals surface area contributed by atoms with Gasteiger partial charge >= 0.3 is 0 Å². The number of rotatable bonds is 4. The second-order valence-corrected chi connectivity index (χ2v) is 5.87. The molecule has 0 bridgehead atoms. The molecule has 0 aromatic heterocycles. The Kier molecular flexibility index (Phi) is 5.26. The van der Waals surface area contributed by atoms with Gasteiger partial charge in [-0.2, -0.15) is 0 Å². The van der Waals surface area contributed by atoms with Gasteiger partial charge in [0, 0.05) is 33.2 Å². The average molecular weight is 296 g/mol. The molecule has 1 aromatic carbocycles. The molecule has 1 fully saturated rings. The molecule has 1 N–H and O–H groups in total. The van der Waals surface area contributed by atoms with Crippen LogP contribution in [0, 0.1) is 0 Å². The van der Waals surface area contributed by atoms with Crippen molar-refractivity contribution in [3.8, 4) is 0 Å². The maximum atomic E-state index is 11.7. The lowest BCUT2D eigenvalue weighted by Crippen LogP contribution is -2.43. The summed E-state index contributed by atoms with van der Waals surface area (Å²) in [6.45, 7) is 2.41. The Labute approximate surface area is 125 Å². The molecule has 1 saturated heterocycles. The molecule has 0 saturated carbocycles. The minimum absolute atomic E-state index is 0.169. The third-order valence-corrected chi connectivity index (χ3v) is 4.01. The molecule has 2 rings (SSSR count). The second kappa shape index (κ2) is 6.95. The van der Waals surface area contributed by atoms with Gasteiger partial charge in [0.15, 0.2) is 0 Å². The van der Waals surface area contributed by atoms with E-state index >= 15 is 0 Å². The number of carbonyl (C=O) groups excluding carboxylic acids is 1. The number of likely N-dealkylation sites (N-methyl/N-ethyl adjacent to an activating group) is 1. The normalized spacial score (nSPS) is 16.9. The lowest BCUT2D eigenvalue weighted by atomic mass is 10.0. The van der Waals surface area contributed by atoms with Crippen molar-refractivity contribution < 1.29 is 4.79 Å². The summed E-state index contributed by atoms with van der Waals surface area (Å²) in [7, 11) is 3.60.